The number of aliphatic hydroxyl groups is 1. The molecule has 0 spiro atoms. The Morgan fingerprint density at radius 1 is 1.22 bits per heavy atom. The maximum absolute atomic E-state index is 13.0. The fourth-order valence-corrected chi connectivity index (χ4v) is 3.48. The molecule has 3 atom stereocenters. The van der Waals surface area contributed by atoms with Gasteiger partial charge in [-0.1, -0.05) is 63.3 Å². The fraction of sp³-hybridized carbons (Fsp3) is 0.560. The van der Waals surface area contributed by atoms with E-state index in [2.05, 4.69) is 10.6 Å². The molecule has 0 saturated heterocycles. The van der Waals surface area contributed by atoms with E-state index in [0.29, 0.717) is 19.3 Å². The molecule has 7 heteroatoms. The molecule has 0 radical (unpaired) electrons. The van der Waals surface area contributed by atoms with Gasteiger partial charge in [0.1, 0.15) is 6.61 Å². The van der Waals surface area contributed by atoms with Crippen molar-refractivity contribution in [3.8, 4) is 0 Å². The van der Waals surface area contributed by atoms with E-state index < -0.39 is 12.0 Å². The maximum atomic E-state index is 13.0. The number of rotatable bonds is 6. The average Bonchev–Trinajstić information content (AvgIpc) is 2.74. The number of aliphatic hydroxyl groups excluding tert-OH is 1. The van der Waals surface area contributed by atoms with Gasteiger partial charge in [-0.25, -0.2) is 0 Å². The summed E-state index contributed by atoms with van der Waals surface area (Å²) >= 11 is 0. The quantitative estimate of drug-likeness (QED) is 0.462. The first-order valence-corrected chi connectivity index (χ1v) is 11.2. The minimum atomic E-state index is -0.553. The Labute approximate surface area is 190 Å². The third-order valence-corrected chi connectivity index (χ3v) is 5.59. The van der Waals surface area contributed by atoms with Crippen LogP contribution in [0.4, 0.5) is 0 Å². The van der Waals surface area contributed by atoms with Crippen LogP contribution >= 0.6 is 0 Å². The topological polar surface area (TPSA) is 105 Å². The first-order valence-electron chi connectivity index (χ1n) is 11.2. The highest BCUT2D eigenvalue weighted by Gasteiger charge is 2.31. The van der Waals surface area contributed by atoms with Crippen molar-refractivity contribution < 1.29 is 24.2 Å². The van der Waals surface area contributed by atoms with Crippen LogP contribution in [-0.2, 0) is 25.5 Å². The predicted molar refractivity (Wildman–Crippen MR) is 123 cm³/mol. The summed E-state index contributed by atoms with van der Waals surface area (Å²) in [4.78, 5) is 37.6. The minimum absolute atomic E-state index is 0.0120. The second kappa shape index (κ2) is 12.4. The van der Waals surface area contributed by atoms with Gasteiger partial charge in [-0.15, -0.1) is 0 Å². The summed E-state index contributed by atoms with van der Waals surface area (Å²) in [6.45, 7) is 5.81. The average molecular weight is 445 g/mol. The number of nitrogens with one attached hydrogen (secondary N) is 2. The summed E-state index contributed by atoms with van der Waals surface area (Å²) in [5.74, 6) is -1.37. The molecule has 2 amide bonds. The van der Waals surface area contributed by atoms with Crippen molar-refractivity contribution in [2.24, 2.45) is 11.3 Å². The summed E-state index contributed by atoms with van der Waals surface area (Å²) in [5, 5.41) is 15.5. The minimum Gasteiger partial charge on any atom is -0.463 e. The molecule has 3 N–H and O–H groups in total. The second-order valence-electron chi connectivity index (χ2n) is 9.39. The molecular weight excluding hydrogens is 408 g/mol. The lowest BCUT2D eigenvalue weighted by Crippen LogP contribution is -2.50. The molecule has 0 aliphatic carbocycles. The molecule has 0 aromatic heterocycles. The molecule has 2 rings (SSSR count). The lowest BCUT2D eigenvalue weighted by atomic mass is 9.86. The fourth-order valence-electron chi connectivity index (χ4n) is 3.48. The zero-order chi connectivity index (χ0) is 23.6. The van der Waals surface area contributed by atoms with Crippen molar-refractivity contribution >= 4 is 17.8 Å². The molecule has 176 valence electrons. The second-order valence-corrected chi connectivity index (χ2v) is 9.39. The number of hydrogen-bond donors (Lipinski definition) is 3. The van der Waals surface area contributed by atoms with Crippen LogP contribution in [0.3, 0.4) is 0 Å². The monoisotopic (exact) mass is 444 g/mol. The summed E-state index contributed by atoms with van der Waals surface area (Å²) in [6.07, 6.45) is 5.41. The number of esters is 1. The van der Waals surface area contributed by atoms with Crippen LogP contribution in [-0.4, -0.2) is 48.2 Å². The molecule has 1 aliphatic heterocycles. The number of benzene rings is 1. The first-order chi connectivity index (χ1) is 15.2. The molecule has 32 heavy (non-hydrogen) atoms. The standard InChI is InChI=1S/C25H36N2O5/c1-25(2,3)21-17-32-23(30)13-9-5-8-12-19(24(31)27-21)15-22(29)26-20(16-28)14-18-10-6-4-7-11-18/h4-8,10-11,19-21,28H,9,12-17H2,1-3H3,(H,26,29)(H,27,31). The number of allylic oxidation sites excluding steroid dienone is 2. The summed E-state index contributed by atoms with van der Waals surface area (Å²) in [5.41, 5.74) is 0.696. The molecular formula is C25H36N2O5. The van der Waals surface area contributed by atoms with Gasteiger partial charge in [0, 0.05) is 12.8 Å². The van der Waals surface area contributed by atoms with E-state index >= 15 is 0 Å². The molecule has 3 unspecified atom stereocenters. The van der Waals surface area contributed by atoms with Crippen molar-refractivity contribution in [1.82, 2.24) is 10.6 Å². The number of ether oxygens (including phenoxy) is 1. The van der Waals surface area contributed by atoms with Crippen molar-refractivity contribution in [2.45, 2.75) is 65.0 Å². The largest absolute Gasteiger partial charge is 0.463 e. The molecule has 1 aromatic carbocycles. The van der Waals surface area contributed by atoms with Gasteiger partial charge in [0.2, 0.25) is 11.8 Å². The van der Waals surface area contributed by atoms with Crippen molar-refractivity contribution in [2.75, 3.05) is 13.2 Å². The number of hydrogen-bond acceptors (Lipinski definition) is 5. The molecule has 1 aliphatic rings. The number of carbonyl (C=O) groups excluding carboxylic acids is 3. The van der Waals surface area contributed by atoms with Gasteiger partial charge in [-0.05, 0) is 30.2 Å². The predicted octanol–water partition coefficient (Wildman–Crippen LogP) is 2.53. The van der Waals surface area contributed by atoms with Gasteiger partial charge in [0.05, 0.1) is 24.6 Å². The van der Waals surface area contributed by atoms with Crippen LogP contribution in [0.25, 0.3) is 0 Å². The highest BCUT2D eigenvalue weighted by Crippen LogP contribution is 2.22. The number of carbonyl (C=O) groups is 3. The number of cyclic esters (lactones) is 1. The van der Waals surface area contributed by atoms with Gasteiger partial charge < -0.3 is 20.5 Å². The maximum Gasteiger partial charge on any atom is 0.306 e. The van der Waals surface area contributed by atoms with Gasteiger partial charge in [-0.3, -0.25) is 14.4 Å². The first kappa shape index (κ1) is 25.6. The van der Waals surface area contributed by atoms with Gasteiger partial charge in [-0.2, -0.15) is 0 Å². The van der Waals surface area contributed by atoms with Crippen LogP contribution in [0.2, 0.25) is 0 Å². The molecule has 0 bridgehead atoms. The molecule has 7 nitrogen and oxygen atoms in total. The Balaban J connectivity index is 2.06. The Bertz CT molecular complexity index is 785. The smallest absolute Gasteiger partial charge is 0.306 e. The van der Waals surface area contributed by atoms with E-state index in [1.807, 2.05) is 63.3 Å². The van der Waals surface area contributed by atoms with Crippen LogP contribution < -0.4 is 10.6 Å². The van der Waals surface area contributed by atoms with Crippen LogP contribution in [0.15, 0.2) is 42.5 Å². The lowest BCUT2D eigenvalue weighted by molar-refractivity contribution is -0.146. The van der Waals surface area contributed by atoms with E-state index in [1.165, 1.54) is 0 Å². The van der Waals surface area contributed by atoms with E-state index in [4.69, 9.17) is 4.74 Å². The van der Waals surface area contributed by atoms with Gasteiger partial charge in [0.25, 0.3) is 0 Å². The summed E-state index contributed by atoms with van der Waals surface area (Å²) < 4.78 is 5.35. The highest BCUT2D eigenvalue weighted by molar-refractivity contribution is 5.86. The summed E-state index contributed by atoms with van der Waals surface area (Å²) in [7, 11) is 0. The van der Waals surface area contributed by atoms with Gasteiger partial charge in [0.15, 0.2) is 0 Å². The number of amides is 2. The van der Waals surface area contributed by atoms with Crippen LogP contribution in [0, 0.1) is 11.3 Å². The molecule has 1 aromatic rings. The third-order valence-electron chi connectivity index (χ3n) is 5.59. The lowest BCUT2D eigenvalue weighted by Gasteiger charge is -2.32. The van der Waals surface area contributed by atoms with E-state index in [1.54, 1.807) is 0 Å². The molecule has 0 fully saturated rings. The Morgan fingerprint density at radius 3 is 2.59 bits per heavy atom. The normalized spacial score (nSPS) is 21.5. The zero-order valence-corrected chi connectivity index (χ0v) is 19.3. The van der Waals surface area contributed by atoms with E-state index in [0.717, 1.165) is 5.56 Å². The Morgan fingerprint density at radius 2 is 1.94 bits per heavy atom. The Hall–Kier alpha value is -2.67. The van der Waals surface area contributed by atoms with Gasteiger partial charge >= 0.3 is 5.97 Å². The van der Waals surface area contributed by atoms with Crippen molar-refractivity contribution in [1.29, 1.82) is 0 Å². The third kappa shape index (κ3) is 8.83. The summed E-state index contributed by atoms with van der Waals surface area (Å²) in [6, 6.07) is 8.84. The van der Waals surface area contributed by atoms with E-state index in [9.17, 15) is 19.5 Å². The SMILES string of the molecule is CC(C)(C)C1COC(=O)CCC=CCC(CC(=O)NC(CO)Cc2ccccc2)C(=O)N1. The Kier molecular flexibility index (Phi) is 9.91. The van der Waals surface area contributed by atoms with Crippen molar-refractivity contribution in [3.05, 3.63) is 48.0 Å². The van der Waals surface area contributed by atoms with Crippen LogP contribution in [0.5, 0.6) is 0 Å². The molecule has 1 heterocycles. The zero-order valence-electron chi connectivity index (χ0n) is 19.3. The van der Waals surface area contributed by atoms with Crippen LogP contribution in [0.1, 0.15) is 52.0 Å². The van der Waals surface area contributed by atoms with E-state index in [-0.39, 0.29) is 55.3 Å². The highest BCUT2D eigenvalue weighted by atomic mass is 16.5. The van der Waals surface area contributed by atoms with Crippen molar-refractivity contribution in [3.63, 3.8) is 0 Å². The molecule has 0 saturated carbocycles.